The van der Waals surface area contributed by atoms with Crippen molar-refractivity contribution in [2.24, 2.45) is 0 Å². The van der Waals surface area contributed by atoms with Crippen molar-refractivity contribution in [1.29, 1.82) is 0 Å². The number of carbonyl (C=O) groups excluding carboxylic acids is 1. The van der Waals surface area contributed by atoms with Gasteiger partial charge < -0.3 is 14.2 Å². The number of likely N-dealkylation sites (N-methyl/N-ethyl adjacent to an activating group) is 1. The molecule has 0 bridgehead atoms. The van der Waals surface area contributed by atoms with E-state index in [9.17, 15) is 22.8 Å². The summed E-state index contributed by atoms with van der Waals surface area (Å²) in [5.74, 6) is -0.710. The Kier molecular flexibility index (Phi) is 7.47. The first-order chi connectivity index (χ1) is 17.5. The zero-order valence-electron chi connectivity index (χ0n) is 20.7. The van der Waals surface area contributed by atoms with Gasteiger partial charge in [-0.05, 0) is 51.7 Å². The number of nitrogens with zero attached hydrogens (tertiary/aromatic N) is 4. The summed E-state index contributed by atoms with van der Waals surface area (Å²) in [6, 6.07) is 6.86. The Hall–Kier alpha value is -3.57. The molecule has 194 valence electrons. The van der Waals surface area contributed by atoms with Gasteiger partial charge in [0.15, 0.2) is 5.69 Å². The van der Waals surface area contributed by atoms with Crippen LogP contribution in [0.15, 0.2) is 46.8 Å². The fourth-order valence-corrected chi connectivity index (χ4v) is 4.76. The average Bonchev–Trinajstić information content (AvgIpc) is 3.34. The maximum absolute atomic E-state index is 13.4. The molecule has 3 aromatic heterocycles. The SMILES string of the molecule is CCOC(=O)c1cn(CCN(C)C)c2ccc(-c3cnc(C)cc3-c3nc(C(F)(F)F)cs3)cc2c1=O. The number of benzene rings is 1. The van der Waals surface area contributed by atoms with Crippen LogP contribution in [-0.2, 0) is 17.5 Å². The van der Waals surface area contributed by atoms with Gasteiger partial charge in [0.1, 0.15) is 10.6 Å². The van der Waals surface area contributed by atoms with Crippen molar-refractivity contribution >= 4 is 28.2 Å². The zero-order valence-corrected chi connectivity index (χ0v) is 21.5. The molecule has 37 heavy (non-hydrogen) atoms. The van der Waals surface area contributed by atoms with Crippen LogP contribution in [0.25, 0.3) is 32.6 Å². The molecule has 4 aromatic rings. The highest BCUT2D eigenvalue weighted by Crippen LogP contribution is 2.38. The Morgan fingerprint density at radius 3 is 2.59 bits per heavy atom. The Labute approximate surface area is 215 Å². The molecule has 0 fully saturated rings. The highest BCUT2D eigenvalue weighted by molar-refractivity contribution is 7.13. The summed E-state index contributed by atoms with van der Waals surface area (Å²) < 4.78 is 46.5. The molecule has 0 unspecified atom stereocenters. The average molecular weight is 531 g/mol. The number of pyridine rings is 2. The molecule has 0 atom stereocenters. The van der Waals surface area contributed by atoms with Crippen LogP contribution in [0.5, 0.6) is 0 Å². The van der Waals surface area contributed by atoms with Crippen molar-refractivity contribution in [3.8, 4) is 21.7 Å². The minimum absolute atomic E-state index is 0.0812. The molecule has 0 aliphatic carbocycles. The number of esters is 1. The van der Waals surface area contributed by atoms with Crippen molar-refractivity contribution < 1.29 is 22.7 Å². The molecule has 0 N–H and O–H groups in total. The van der Waals surface area contributed by atoms with Gasteiger partial charge >= 0.3 is 12.1 Å². The maximum atomic E-state index is 13.4. The fourth-order valence-electron chi connectivity index (χ4n) is 3.91. The number of carbonyl (C=O) groups is 1. The summed E-state index contributed by atoms with van der Waals surface area (Å²) in [7, 11) is 3.84. The normalized spacial score (nSPS) is 11.9. The van der Waals surface area contributed by atoms with E-state index < -0.39 is 23.3 Å². The third kappa shape index (κ3) is 5.57. The molecule has 11 heteroatoms. The van der Waals surface area contributed by atoms with Crippen LogP contribution in [0.4, 0.5) is 13.2 Å². The van der Waals surface area contributed by atoms with Gasteiger partial charge in [0.25, 0.3) is 0 Å². The highest BCUT2D eigenvalue weighted by Gasteiger charge is 2.34. The van der Waals surface area contributed by atoms with Crippen molar-refractivity contribution in [1.82, 2.24) is 19.4 Å². The molecular weight excluding hydrogens is 505 g/mol. The van der Waals surface area contributed by atoms with Gasteiger partial charge in [-0.1, -0.05) is 6.07 Å². The molecular formula is C26H25F3N4O3S. The quantitative estimate of drug-likeness (QED) is 0.304. The number of alkyl halides is 3. The summed E-state index contributed by atoms with van der Waals surface area (Å²) >= 11 is 0.887. The third-order valence-electron chi connectivity index (χ3n) is 5.74. The van der Waals surface area contributed by atoms with Gasteiger partial charge in [-0.25, -0.2) is 9.78 Å². The minimum Gasteiger partial charge on any atom is -0.462 e. The largest absolute Gasteiger partial charge is 0.462 e. The first-order valence-corrected chi connectivity index (χ1v) is 12.4. The van der Waals surface area contributed by atoms with E-state index in [-0.39, 0.29) is 17.2 Å². The fraction of sp³-hybridized carbons (Fsp3) is 0.308. The molecule has 1 aromatic carbocycles. The lowest BCUT2D eigenvalue weighted by molar-refractivity contribution is -0.140. The van der Waals surface area contributed by atoms with E-state index in [1.54, 1.807) is 44.3 Å². The molecule has 3 heterocycles. The molecule has 0 saturated carbocycles. The van der Waals surface area contributed by atoms with Gasteiger partial charge in [-0.15, -0.1) is 11.3 Å². The first-order valence-electron chi connectivity index (χ1n) is 11.5. The molecule has 0 aliphatic heterocycles. The second-order valence-corrected chi connectivity index (χ2v) is 9.59. The lowest BCUT2D eigenvalue weighted by Crippen LogP contribution is -2.24. The number of hydrogen-bond acceptors (Lipinski definition) is 7. The monoisotopic (exact) mass is 530 g/mol. The van der Waals surface area contributed by atoms with Gasteiger partial charge in [-0.3, -0.25) is 9.78 Å². The molecule has 0 saturated heterocycles. The van der Waals surface area contributed by atoms with E-state index in [4.69, 9.17) is 4.74 Å². The van der Waals surface area contributed by atoms with Crippen molar-refractivity contribution in [2.45, 2.75) is 26.6 Å². The second-order valence-electron chi connectivity index (χ2n) is 8.73. The number of aromatic nitrogens is 3. The van der Waals surface area contributed by atoms with Gasteiger partial charge in [0.05, 0.1) is 12.1 Å². The van der Waals surface area contributed by atoms with Crippen LogP contribution in [0, 0.1) is 6.92 Å². The number of halogens is 3. The van der Waals surface area contributed by atoms with E-state index in [1.807, 2.05) is 23.6 Å². The van der Waals surface area contributed by atoms with E-state index in [0.29, 0.717) is 46.4 Å². The zero-order chi connectivity index (χ0) is 26.9. The molecule has 0 spiro atoms. The van der Waals surface area contributed by atoms with Gasteiger partial charge in [-0.2, -0.15) is 13.2 Å². The summed E-state index contributed by atoms with van der Waals surface area (Å²) in [6.45, 7) is 4.71. The van der Waals surface area contributed by atoms with E-state index in [1.165, 1.54) is 6.20 Å². The maximum Gasteiger partial charge on any atom is 0.434 e. The molecule has 7 nitrogen and oxygen atoms in total. The highest BCUT2D eigenvalue weighted by atomic mass is 32.1. The van der Waals surface area contributed by atoms with Crippen LogP contribution in [-0.4, -0.2) is 52.7 Å². The number of hydrogen-bond donors (Lipinski definition) is 0. The Bertz CT molecular complexity index is 1530. The van der Waals surface area contributed by atoms with Crippen molar-refractivity contribution in [3.05, 3.63) is 69.2 Å². The van der Waals surface area contributed by atoms with Gasteiger partial charge in [0, 0.05) is 53.1 Å². The smallest absolute Gasteiger partial charge is 0.434 e. The standard InChI is InChI=1S/C26H25F3N4O3S/c1-5-36-25(35)20-13-33(9-8-32(3)4)21-7-6-16(11-18(21)23(20)34)19-12-30-15(2)10-17(19)24-31-22(14-37-24)26(27,28)29/h6-7,10-14H,5,8-9H2,1-4H3. The van der Waals surface area contributed by atoms with Crippen molar-refractivity contribution in [2.75, 3.05) is 27.2 Å². The molecule has 4 rings (SSSR count). The van der Waals surface area contributed by atoms with E-state index >= 15 is 0 Å². The predicted octanol–water partition coefficient (Wildman–Crippen LogP) is 5.25. The van der Waals surface area contributed by atoms with Crippen LogP contribution in [0.1, 0.15) is 28.7 Å². The lowest BCUT2D eigenvalue weighted by atomic mass is 9.99. The molecule has 0 amide bonds. The van der Waals surface area contributed by atoms with Crippen molar-refractivity contribution in [3.63, 3.8) is 0 Å². The van der Waals surface area contributed by atoms with E-state index in [0.717, 1.165) is 16.7 Å². The Morgan fingerprint density at radius 2 is 1.95 bits per heavy atom. The van der Waals surface area contributed by atoms with E-state index in [2.05, 4.69) is 9.97 Å². The third-order valence-corrected chi connectivity index (χ3v) is 6.62. The molecule has 0 aliphatic rings. The summed E-state index contributed by atoms with van der Waals surface area (Å²) in [4.78, 5) is 36.0. The van der Waals surface area contributed by atoms with Gasteiger partial charge in [0.2, 0.25) is 5.43 Å². The second kappa shape index (κ2) is 10.4. The first kappa shape index (κ1) is 26.5. The minimum atomic E-state index is -4.55. The number of fused-ring (bicyclic) bond motifs is 1. The number of rotatable bonds is 7. The lowest BCUT2D eigenvalue weighted by Gasteiger charge is -2.17. The number of thiazole rings is 1. The van der Waals surface area contributed by atoms with Crippen LogP contribution in [0.3, 0.4) is 0 Å². The predicted molar refractivity (Wildman–Crippen MR) is 137 cm³/mol. The number of aryl methyl sites for hydroxylation is 1. The van der Waals surface area contributed by atoms with Crippen LogP contribution in [0.2, 0.25) is 0 Å². The van der Waals surface area contributed by atoms with Crippen LogP contribution < -0.4 is 5.43 Å². The Balaban J connectivity index is 1.91. The summed E-state index contributed by atoms with van der Waals surface area (Å²) in [6.07, 6.45) is -1.49. The Morgan fingerprint density at radius 1 is 1.19 bits per heavy atom. The molecule has 0 radical (unpaired) electrons. The van der Waals surface area contributed by atoms with Crippen LogP contribution >= 0.6 is 11.3 Å². The topological polar surface area (TPSA) is 77.3 Å². The summed E-state index contributed by atoms with van der Waals surface area (Å²) in [5, 5.41) is 1.46. The number of ether oxygens (including phenoxy) is 1. The summed E-state index contributed by atoms with van der Waals surface area (Å²) in [5.41, 5.74) is 1.27.